The summed E-state index contributed by atoms with van der Waals surface area (Å²) in [6, 6.07) is 6.48. The van der Waals surface area contributed by atoms with Crippen LogP contribution >= 0.6 is 27.5 Å². The second kappa shape index (κ2) is 5.71. The third-order valence-corrected chi connectivity index (χ3v) is 5.54. The van der Waals surface area contributed by atoms with Gasteiger partial charge in [-0.1, -0.05) is 17.7 Å². The maximum absolute atomic E-state index is 12.4. The molecule has 0 radical (unpaired) electrons. The fourth-order valence-electron chi connectivity index (χ4n) is 1.70. The van der Waals surface area contributed by atoms with Crippen LogP contribution in [0.15, 0.2) is 40.0 Å². The van der Waals surface area contributed by atoms with Crippen molar-refractivity contribution in [3.63, 3.8) is 0 Å². The number of hydrogen-bond donors (Lipinski definition) is 1. The van der Waals surface area contributed by atoms with Crippen molar-refractivity contribution in [2.75, 3.05) is 4.72 Å². The van der Waals surface area contributed by atoms with Gasteiger partial charge in [0.25, 0.3) is 10.0 Å². The molecule has 0 atom stereocenters. The second-order valence-corrected chi connectivity index (χ2v) is 7.11. The van der Waals surface area contributed by atoms with Crippen LogP contribution in [0.1, 0.15) is 11.1 Å². The molecule has 2 aromatic rings. The van der Waals surface area contributed by atoms with Gasteiger partial charge < -0.3 is 0 Å². The average molecular weight is 376 g/mol. The molecule has 4 nitrogen and oxygen atoms in total. The number of pyridine rings is 1. The highest BCUT2D eigenvalue weighted by Crippen LogP contribution is 2.25. The Bertz CT molecular complexity index is 763. The third kappa shape index (κ3) is 3.13. The number of hydrogen-bond acceptors (Lipinski definition) is 3. The number of rotatable bonds is 3. The quantitative estimate of drug-likeness (QED) is 0.827. The number of anilines is 1. The first-order valence-electron chi connectivity index (χ1n) is 5.71. The molecule has 1 N–H and O–H groups in total. The van der Waals surface area contributed by atoms with E-state index >= 15 is 0 Å². The Kier molecular flexibility index (Phi) is 4.36. The Morgan fingerprint density at radius 2 is 2.00 bits per heavy atom. The lowest BCUT2D eigenvalue weighted by Gasteiger charge is -2.11. The standard InChI is InChI=1S/C13H12BrClN2O2S/c1-8-6-10(7-16-13(8)14)17-20(18,19)12-5-3-4-11(15)9(12)2/h3-7,17H,1-2H3. The third-order valence-electron chi connectivity index (χ3n) is 2.77. The smallest absolute Gasteiger partial charge is 0.262 e. The van der Waals surface area contributed by atoms with Crippen molar-refractivity contribution in [1.29, 1.82) is 0 Å². The normalized spacial score (nSPS) is 11.4. The predicted molar refractivity (Wildman–Crippen MR) is 83.7 cm³/mol. The highest BCUT2D eigenvalue weighted by atomic mass is 79.9. The lowest BCUT2D eigenvalue weighted by Crippen LogP contribution is -2.14. The zero-order chi connectivity index (χ0) is 14.9. The molecule has 0 aliphatic heterocycles. The van der Waals surface area contributed by atoms with Crippen molar-refractivity contribution >= 4 is 43.2 Å². The molecule has 0 saturated heterocycles. The van der Waals surface area contributed by atoms with E-state index in [9.17, 15) is 8.42 Å². The van der Waals surface area contributed by atoms with Crippen molar-refractivity contribution in [2.45, 2.75) is 18.7 Å². The molecule has 0 aliphatic carbocycles. The van der Waals surface area contributed by atoms with Gasteiger partial charge in [0.15, 0.2) is 0 Å². The van der Waals surface area contributed by atoms with Crippen LogP contribution in [0, 0.1) is 13.8 Å². The van der Waals surface area contributed by atoms with Gasteiger partial charge in [-0.25, -0.2) is 13.4 Å². The minimum absolute atomic E-state index is 0.158. The van der Waals surface area contributed by atoms with Crippen molar-refractivity contribution in [3.8, 4) is 0 Å². The summed E-state index contributed by atoms with van der Waals surface area (Å²) in [4.78, 5) is 4.22. The molecule has 2 rings (SSSR count). The minimum Gasteiger partial charge on any atom is -0.278 e. The van der Waals surface area contributed by atoms with Gasteiger partial charge in [-0.2, -0.15) is 0 Å². The van der Waals surface area contributed by atoms with E-state index in [0.717, 1.165) is 5.56 Å². The van der Waals surface area contributed by atoms with Gasteiger partial charge in [0, 0.05) is 5.02 Å². The van der Waals surface area contributed by atoms with E-state index < -0.39 is 10.0 Å². The summed E-state index contributed by atoms with van der Waals surface area (Å²) in [6.45, 7) is 3.50. The van der Waals surface area contributed by atoms with Crippen LogP contribution in [0.3, 0.4) is 0 Å². The Hall–Kier alpha value is -1.11. The van der Waals surface area contributed by atoms with Gasteiger partial charge >= 0.3 is 0 Å². The average Bonchev–Trinajstić information content (AvgIpc) is 2.36. The maximum atomic E-state index is 12.4. The topological polar surface area (TPSA) is 59.1 Å². The fraction of sp³-hybridized carbons (Fsp3) is 0.154. The molecule has 0 spiro atoms. The number of sulfonamides is 1. The monoisotopic (exact) mass is 374 g/mol. The summed E-state index contributed by atoms with van der Waals surface area (Å²) in [5, 5.41) is 0.415. The lowest BCUT2D eigenvalue weighted by molar-refractivity contribution is 0.600. The van der Waals surface area contributed by atoms with Gasteiger partial charge in [-0.05, 0) is 59.1 Å². The molecule has 0 unspecified atom stereocenters. The van der Waals surface area contributed by atoms with Crippen molar-refractivity contribution < 1.29 is 8.42 Å². The Morgan fingerprint density at radius 3 is 2.65 bits per heavy atom. The summed E-state index contributed by atoms with van der Waals surface area (Å²) in [5.74, 6) is 0. The van der Waals surface area contributed by atoms with Crippen LogP contribution in [-0.2, 0) is 10.0 Å². The van der Waals surface area contributed by atoms with Crippen LogP contribution in [0.2, 0.25) is 5.02 Å². The number of nitrogens with one attached hydrogen (secondary N) is 1. The second-order valence-electron chi connectivity index (χ2n) is 4.30. The van der Waals surface area contributed by atoms with Crippen LogP contribution < -0.4 is 4.72 Å². The molecule has 1 aromatic carbocycles. The van der Waals surface area contributed by atoms with E-state index in [1.165, 1.54) is 12.3 Å². The molecule has 0 bridgehead atoms. The van der Waals surface area contributed by atoms with Crippen LogP contribution in [0.4, 0.5) is 5.69 Å². The number of aryl methyl sites for hydroxylation is 1. The number of aromatic nitrogens is 1. The van der Waals surface area contributed by atoms with Crippen molar-refractivity contribution in [3.05, 3.63) is 51.2 Å². The summed E-state index contributed by atoms with van der Waals surface area (Å²) in [5.41, 5.74) is 1.77. The van der Waals surface area contributed by atoms with Gasteiger partial charge in [-0.3, -0.25) is 4.72 Å². The van der Waals surface area contributed by atoms with Crippen LogP contribution in [-0.4, -0.2) is 13.4 Å². The van der Waals surface area contributed by atoms with Gasteiger partial charge in [-0.15, -0.1) is 0 Å². The molecule has 0 saturated carbocycles. The molecule has 1 heterocycles. The fourth-order valence-corrected chi connectivity index (χ4v) is 3.45. The summed E-state index contributed by atoms with van der Waals surface area (Å²) in [6.07, 6.45) is 1.45. The van der Waals surface area contributed by atoms with Gasteiger partial charge in [0.05, 0.1) is 16.8 Å². The summed E-state index contributed by atoms with van der Waals surface area (Å²) in [7, 11) is -3.69. The molecular formula is C13H12BrClN2O2S. The van der Waals surface area contributed by atoms with E-state index in [4.69, 9.17) is 11.6 Å². The molecule has 106 valence electrons. The van der Waals surface area contributed by atoms with Gasteiger partial charge in [0.1, 0.15) is 4.60 Å². The molecule has 20 heavy (non-hydrogen) atoms. The van der Waals surface area contributed by atoms with Gasteiger partial charge in [0.2, 0.25) is 0 Å². The highest BCUT2D eigenvalue weighted by molar-refractivity contribution is 9.10. The Labute approximate surface area is 131 Å². The molecule has 0 aliphatic rings. The highest BCUT2D eigenvalue weighted by Gasteiger charge is 2.18. The predicted octanol–water partition coefficient (Wildman–Crippen LogP) is 3.92. The number of benzene rings is 1. The zero-order valence-corrected chi connectivity index (χ0v) is 14.0. The molecule has 0 fully saturated rings. The van der Waals surface area contributed by atoms with E-state index in [-0.39, 0.29) is 4.90 Å². The first-order valence-corrected chi connectivity index (χ1v) is 8.37. The first kappa shape index (κ1) is 15.3. The van der Waals surface area contributed by atoms with Crippen LogP contribution in [0.25, 0.3) is 0 Å². The van der Waals surface area contributed by atoms with E-state index in [0.29, 0.717) is 20.9 Å². The maximum Gasteiger partial charge on any atom is 0.262 e. The summed E-state index contributed by atoms with van der Waals surface area (Å²) >= 11 is 9.23. The van der Waals surface area contributed by atoms with Crippen molar-refractivity contribution in [1.82, 2.24) is 4.98 Å². The number of halogens is 2. The largest absolute Gasteiger partial charge is 0.278 e. The first-order chi connectivity index (χ1) is 9.31. The van der Waals surface area contributed by atoms with Crippen LogP contribution in [0.5, 0.6) is 0 Å². The molecule has 1 aromatic heterocycles. The Morgan fingerprint density at radius 1 is 1.30 bits per heavy atom. The zero-order valence-electron chi connectivity index (χ0n) is 10.8. The molecule has 7 heteroatoms. The molecule has 0 amide bonds. The van der Waals surface area contributed by atoms with E-state index in [1.54, 1.807) is 25.1 Å². The Balaban J connectivity index is 2.41. The van der Waals surface area contributed by atoms with E-state index in [1.807, 2.05) is 6.92 Å². The van der Waals surface area contributed by atoms with Crippen molar-refractivity contribution in [2.24, 2.45) is 0 Å². The lowest BCUT2D eigenvalue weighted by atomic mass is 10.2. The molecular weight excluding hydrogens is 364 g/mol. The summed E-state index contributed by atoms with van der Waals surface area (Å²) < 4.78 is 27.9. The van der Waals surface area contributed by atoms with E-state index in [2.05, 4.69) is 25.6 Å². The SMILES string of the molecule is Cc1cc(NS(=O)(=O)c2cccc(Cl)c2C)cnc1Br. The number of nitrogens with zero attached hydrogens (tertiary/aromatic N) is 1. The minimum atomic E-state index is -3.69.